The number of aromatic nitrogens is 1. The molecule has 1 aromatic heterocycles. The Labute approximate surface area is 150 Å². The molecule has 1 unspecified atom stereocenters. The van der Waals surface area contributed by atoms with Gasteiger partial charge in [-0.25, -0.2) is 0 Å². The van der Waals surface area contributed by atoms with Crippen LogP contribution in [0.25, 0.3) is 12.2 Å². The molecule has 0 amide bonds. The Bertz CT molecular complexity index is 816. The highest BCUT2D eigenvalue weighted by molar-refractivity contribution is 5.70. The quantitative estimate of drug-likeness (QED) is 0.609. The number of nitrogens with zero attached hydrogens (tertiary/aromatic N) is 2. The Morgan fingerprint density at radius 1 is 0.760 bits per heavy atom. The predicted octanol–water partition coefficient (Wildman–Crippen LogP) is 4.82. The minimum atomic E-state index is 0.331. The molecule has 0 radical (unpaired) electrons. The van der Waals surface area contributed by atoms with Gasteiger partial charge in [-0.3, -0.25) is 0 Å². The minimum Gasteiger partial charge on any atom is -0.378 e. The van der Waals surface area contributed by atoms with Gasteiger partial charge in [-0.1, -0.05) is 54.6 Å². The summed E-state index contributed by atoms with van der Waals surface area (Å²) in [4.78, 5) is 2.11. The molecule has 0 N–H and O–H groups in total. The first kappa shape index (κ1) is 17.0. The summed E-state index contributed by atoms with van der Waals surface area (Å²) in [5.74, 6) is 0. The molecule has 0 bridgehead atoms. The van der Waals surface area contributed by atoms with Crippen molar-refractivity contribution < 1.29 is 4.57 Å². The maximum Gasteiger partial charge on any atom is 0.180 e. The lowest BCUT2D eigenvalue weighted by Crippen LogP contribution is -2.37. The average molecular weight is 329 g/mol. The summed E-state index contributed by atoms with van der Waals surface area (Å²) in [6.45, 7) is 2.22. The van der Waals surface area contributed by atoms with E-state index in [4.69, 9.17) is 0 Å². The van der Waals surface area contributed by atoms with Gasteiger partial charge in [0.1, 0.15) is 0 Å². The third-order valence-electron chi connectivity index (χ3n) is 4.49. The standard InChI is InChI=1S/C23H25N2/c1-19(22-7-5-4-6-8-22)25-17-15-21(16-18-25)10-9-20-11-13-23(14-12-20)24(2)3/h4-19H,1-3H3/q+1. The van der Waals surface area contributed by atoms with Gasteiger partial charge in [0.15, 0.2) is 18.4 Å². The van der Waals surface area contributed by atoms with E-state index in [1.165, 1.54) is 22.4 Å². The van der Waals surface area contributed by atoms with E-state index in [-0.39, 0.29) is 0 Å². The zero-order valence-electron chi connectivity index (χ0n) is 15.1. The fourth-order valence-corrected chi connectivity index (χ4v) is 2.80. The first-order valence-electron chi connectivity index (χ1n) is 8.65. The summed E-state index contributed by atoms with van der Waals surface area (Å²) >= 11 is 0. The van der Waals surface area contributed by atoms with E-state index in [1.807, 2.05) is 0 Å². The lowest BCUT2D eigenvalue weighted by Gasteiger charge is -2.11. The van der Waals surface area contributed by atoms with Crippen molar-refractivity contribution in [3.05, 3.63) is 95.8 Å². The Morgan fingerprint density at radius 3 is 1.88 bits per heavy atom. The van der Waals surface area contributed by atoms with Crippen LogP contribution < -0.4 is 9.47 Å². The van der Waals surface area contributed by atoms with Crippen LogP contribution in [0.4, 0.5) is 5.69 Å². The fraction of sp³-hybridized carbons (Fsp3) is 0.174. The number of anilines is 1. The van der Waals surface area contributed by atoms with Gasteiger partial charge in [-0.15, -0.1) is 0 Å². The van der Waals surface area contributed by atoms with Crippen LogP contribution in [-0.4, -0.2) is 14.1 Å². The molecule has 0 aliphatic carbocycles. The molecule has 2 heteroatoms. The van der Waals surface area contributed by atoms with Gasteiger partial charge in [-0.2, -0.15) is 4.57 Å². The Kier molecular flexibility index (Phi) is 5.30. The lowest BCUT2D eigenvalue weighted by atomic mass is 10.1. The summed E-state index contributed by atoms with van der Waals surface area (Å²) in [5.41, 5.74) is 4.94. The van der Waals surface area contributed by atoms with Crippen molar-refractivity contribution in [1.82, 2.24) is 0 Å². The molecule has 1 atom stereocenters. The zero-order chi connectivity index (χ0) is 17.6. The monoisotopic (exact) mass is 329 g/mol. The molecule has 0 fully saturated rings. The van der Waals surface area contributed by atoms with E-state index in [9.17, 15) is 0 Å². The first-order valence-corrected chi connectivity index (χ1v) is 8.65. The van der Waals surface area contributed by atoms with Crippen molar-refractivity contribution in [2.45, 2.75) is 13.0 Å². The van der Waals surface area contributed by atoms with E-state index in [1.54, 1.807) is 0 Å². The van der Waals surface area contributed by atoms with Gasteiger partial charge in [0.05, 0.1) is 0 Å². The molecule has 0 aliphatic rings. The molecule has 1 heterocycles. The number of hydrogen-bond donors (Lipinski definition) is 0. The number of pyridine rings is 1. The van der Waals surface area contributed by atoms with Gasteiger partial charge in [0, 0.05) is 44.4 Å². The molecule has 0 saturated carbocycles. The van der Waals surface area contributed by atoms with Crippen molar-refractivity contribution in [2.75, 3.05) is 19.0 Å². The van der Waals surface area contributed by atoms with Crippen LogP contribution >= 0.6 is 0 Å². The molecule has 2 aromatic carbocycles. The van der Waals surface area contributed by atoms with Crippen LogP contribution in [0.1, 0.15) is 29.7 Å². The molecule has 3 aromatic rings. The largest absolute Gasteiger partial charge is 0.378 e. The van der Waals surface area contributed by atoms with Gasteiger partial charge >= 0.3 is 0 Å². The number of hydrogen-bond acceptors (Lipinski definition) is 1. The molecule has 126 valence electrons. The van der Waals surface area contributed by atoms with Crippen LogP contribution in [0.15, 0.2) is 79.1 Å². The maximum absolute atomic E-state index is 2.23. The van der Waals surface area contributed by atoms with E-state index in [0.717, 1.165) is 0 Å². The molecule has 0 saturated heterocycles. The smallest absolute Gasteiger partial charge is 0.180 e. The summed E-state index contributed by atoms with van der Waals surface area (Å²) in [6.07, 6.45) is 8.60. The average Bonchev–Trinajstić information content (AvgIpc) is 2.67. The molecule has 2 nitrogen and oxygen atoms in total. The Balaban J connectivity index is 1.70. The second-order valence-corrected chi connectivity index (χ2v) is 6.48. The minimum absolute atomic E-state index is 0.331. The number of rotatable bonds is 5. The molecule has 25 heavy (non-hydrogen) atoms. The molecular formula is C23H25N2+. The van der Waals surface area contributed by atoms with Crippen molar-refractivity contribution in [3.63, 3.8) is 0 Å². The zero-order valence-corrected chi connectivity index (χ0v) is 15.1. The van der Waals surface area contributed by atoms with E-state index >= 15 is 0 Å². The van der Waals surface area contributed by atoms with Crippen LogP contribution in [0, 0.1) is 0 Å². The molecule has 0 spiro atoms. The van der Waals surface area contributed by atoms with Gasteiger partial charge in [0.25, 0.3) is 0 Å². The maximum atomic E-state index is 2.23. The Hall–Kier alpha value is -2.87. The van der Waals surface area contributed by atoms with Gasteiger partial charge in [-0.05, 0) is 23.3 Å². The summed E-state index contributed by atoms with van der Waals surface area (Å²) < 4.78 is 2.23. The van der Waals surface area contributed by atoms with Crippen molar-refractivity contribution in [3.8, 4) is 0 Å². The molecule has 0 aliphatic heterocycles. The summed E-state index contributed by atoms with van der Waals surface area (Å²) in [5, 5.41) is 0. The van der Waals surface area contributed by atoms with Gasteiger partial charge < -0.3 is 4.90 Å². The van der Waals surface area contributed by atoms with E-state index in [0.29, 0.717) is 6.04 Å². The Morgan fingerprint density at radius 2 is 1.32 bits per heavy atom. The van der Waals surface area contributed by atoms with E-state index in [2.05, 4.69) is 122 Å². The van der Waals surface area contributed by atoms with Crippen LogP contribution in [0.3, 0.4) is 0 Å². The summed E-state index contributed by atoms with van der Waals surface area (Å²) in [7, 11) is 4.11. The lowest BCUT2D eigenvalue weighted by molar-refractivity contribution is -0.710. The number of benzene rings is 2. The normalized spacial score (nSPS) is 12.3. The highest BCUT2D eigenvalue weighted by Crippen LogP contribution is 2.15. The third-order valence-corrected chi connectivity index (χ3v) is 4.49. The van der Waals surface area contributed by atoms with Crippen LogP contribution in [-0.2, 0) is 0 Å². The first-order chi connectivity index (χ1) is 12.1. The van der Waals surface area contributed by atoms with E-state index < -0.39 is 0 Å². The van der Waals surface area contributed by atoms with Gasteiger partial charge in [0.2, 0.25) is 0 Å². The van der Waals surface area contributed by atoms with Crippen molar-refractivity contribution >= 4 is 17.8 Å². The predicted molar refractivity (Wildman–Crippen MR) is 107 cm³/mol. The highest BCUT2D eigenvalue weighted by Gasteiger charge is 2.13. The third kappa shape index (κ3) is 4.36. The second kappa shape index (κ2) is 7.80. The topological polar surface area (TPSA) is 7.12 Å². The summed E-state index contributed by atoms with van der Waals surface area (Å²) in [6, 6.07) is 23.8. The molecular weight excluding hydrogens is 304 g/mol. The second-order valence-electron chi connectivity index (χ2n) is 6.48. The van der Waals surface area contributed by atoms with Crippen molar-refractivity contribution in [2.24, 2.45) is 0 Å². The van der Waals surface area contributed by atoms with Crippen LogP contribution in [0.2, 0.25) is 0 Å². The fourth-order valence-electron chi connectivity index (χ4n) is 2.80. The SMILES string of the molecule is CC(c1ccccc1)[n+]1ccc(/C=C/c2ccc(N(C)C)cc2)cc1. The van der Waals surface area contributed by atoms with Crippen molar-refractivity contribution in [1.29, 1.82) is 0 Å². The van der Waals surface area contributed by atoms with Crippen LogP contribution in [0.5, 0.6) is 0 Å². The highest BCUT2D eigenvalue weighted by atomic mass is 15.1. The molecule has 3 rings (SSSR count).